The lowest BCUT2D eigenvalue weighted by molar-refractivity contribution is 0.102. The molecule has 0 bridgehead atoms. The second-order valence-corrected chi connectivity index (χ2v) is 8.78. The van der Waals surface area contributed by atoms with Crippen molar-refractivity contribution in [3.05, 3.63) is 89.2 Å². The van der Waals surface area contributed by atoms with E-state index >= 15 is 0 Å². The third kappa shape index (κ3) is 4.36. The largest absolute Gasteiger partial charge is 0.322 e. The minimum Gasteiger partial charge on any atom is -0.322 e. The summed E-state index contributed by atoms with van der Waals surface area (Å²) in [5.74, 6) is -1.50. The molecule has 0 saturated carbocycles. The molecule has 0 fully saturated rings. The number of amides is 1. The van der Waals surface area contributed by atoms with E-state index in [4.69, 9.17) is 0 Å². The summed E-state index contributed by atoms with van der Waals surface area (Å²) >= 11 is 0. The van der Waals surface area contributed by atoms with E-state index in [2.05, 4.69) is 5.32 Å². The van der Waals surface area contributed by atoms with Crippen molar-refractivity contribution < 1.29 is 17.6 Å². The lowest BCUT2D eigenvalue weighted by Gasteiger charge is -2.23. The van der Waals surface area contributed by atoms with Gasteiger partial charge in [-0.05, 0) is 68.3 Å². The summed E-state index contributed by atoms with van der Waals surface area (Å²) in [6, 6.07) is 17.4. The van der Waals surface area contributed by atoms with E-state index in [1.807, 2.05) is 26.0 Å². The van der Waals surface area contributed by atoms with Crippen molar-refractivity contribution in [2.45, 2.75) is 25.7 Å². The SMILES string of the molecule is CCN(c1ccccc1)S(=O)(=O)c1ccc(F)c(C(=O)Nc2cc(C)ccc2C)c1. The third-order valence-electron chi connectivity index (χ3n) is 4.74. The number of sulfonamides is 1. The maximum absolute atomic E-state index is 14.4. The summed E-state index contributed by atoms with van der Waals surface area (Å²) in [6.07, 6.45) is 0. The predicted octanol–water partition coefficient (Wildman–Crippen LogP) is 4.91. The van der Waals surface area contributed by atoms with Crippen molar-refractivity contribution in [1.82, 2.24) is 0 Å². The molecule has 0 saturated heterocycles. The Kier molecular flexibility index (Phi) is 6.22. The van der Waals surface area contributed by atoms with Crippen LogP contribution in [0.5, 0.6) is 0 Å². The molecule has 0 unspecified atom stereocenters. The van der Waals surface area contributed by atoms with Crippen LogP contribution in [-0.4, -0.2) is 20.9 Å². The minimum atomic E-state index is -3.98. The molecule has 1 N–H and O–H groups in total. The van der Waals surface area contributed by atoms with E-state index in [9.17, 15) is 17.6 Å². The molecular weight excluding hydrogens is 403 g/mol. The van der Waals surface area contributed by atoms with Gasteiger partial charge >= 0.3 is 0 Å². The normalized spacial score (nSPS) is 11.2. The molecule has 0 atom stereocenters. The fourth-order valence-electron chi connectivity index (χ4n) is 3.11. The molecule has 3 aromatic rings. The van der Waals surface area contributed by atoms with Crippen LogP contribution in [0, 0.1) is 19.7 Å². The second kappa shape index (κ2) is 8.67. The first-order valence-corrected chi connectivity index (χ1v) is 10.9. The summed E-state index contributed by atoms with van der Waals surface area (Å²) in [7, 11) is -3.98. The van der Waals surface area contributed by atoms with Gasteiger partial charge in [0.25, 0.3) is 15.9 Å². The van der Waals surface area contributed by atoms with Gasteiger partial charge in [0, 0.05) is 12.2 Å². The Hall–Kier alpha value is -3.19. The van der Waals surface area contributed by atoms with Gasteiger partial charge in [-0.15, -0.1) is 0 Å². The highest BCUT2D eigenvalue weighted by atomic mass is 32.2. The Morgan fingerprint density at radius 3 is 2.37 bits per heavy atom. The standard InChI is InChI=1S/C23H23FN2O3S/c1-4-26(18-8-6-5-7-9-18)30(28,29)19-12-13-21(24)20(15-19)23(27)25-22-14-16(2)10-11-17(22)3/h5-15H,4H2,1-3H3,(H,25,27). The Morgan fingerprint density at radius 2 is 1.70 bits per heavy atom. The number of nitrogens with zero attached hydrogens (tertiary/aromatic N) is 1. The van der Waals surface area contributed by atoms with E-state index in [-0.39, 0.29) is 17.0 Å². The molecule has 0 aliphatic carbocycles. The fraction of sp³-hybridized carbons (Fsp3) is 0.174. The Morgan fingerprint density at radius 1 is 1.00 bits per heavy atom. The van der Waals surface area contributed by atoms with Crippen LogP contribution in [0.2, 0.25) is 0 Å². The zero-order valence-electron chi connectivity index (χ0n) is 17.0. The first-order valence-electron chi connectivity index (χ1n) is 9.50. The van der Waals surface area contributed by atoms with Gasteiger partial charge < -0.3 is 5.32 Å². The fourth-order valence-corrected chi connectivity index (χ4v) is 4.61. The number of nitrogens with one attached hydrogen (secondary N) is 1. The quantitative estimate of drug-likeness (QED) is 0.609. The highest BCUT2D eigenvalue weighted by Gasteiger charge is 2.26. The van der Waals surface area contributed by atoms with Crippen molar-refractivity contribution in [3.63, 3.8) is 0 Å². The van der Waals surface area contributed by atoms with Crippen LogP contribution in [0.4, 0.5) is 15.8 Å². The number of anilines is 2. The number of hydrogen-bond acceptors (Lipinski definition) is 3. The molecule has 1 amide bonds. The summed E-state index contributed by atoms with van der Waals surface area (Å²) in [5, 5.41) is 2.67. The molecule has 0 radical (unpaired) electrons. The molecule has 3 rings (SSSR count). The molecule has 0 aliphatic rings. The van der Waals surface area contributed by atoms with Crippen molar-refractivity contribution >= 4 is 27.3 Å². The lowest BCUT2D eigenvalue weighted by Crippen LogP contribution is -2.31. The molecular formula is C23H23FN2O3S. The zero-order valence-corrected chi connectivity index (χ0v) is 17.8. The summed E-state index contributed by atoms with van der Waals surface area (Å²) in [6.45, 7) is 5.60. The average molecular weight is 427 g/mol. The monoisotopic (exact) mass is 426 g/mol. The molecule has 30 heavy (non-hydrogen) atoms. The second-order valence-electron chi connectivity index (χ2n) is 6.92. The molecule has 0 heterocycles. The van der Waals surface area contributed by atoms with Crippen LogP contribution in [0.25, 0.3) is 0 Å². The molecule has 5 nitrogen and oxygen atoms in total. The molecule has 156 valence electrons. The number of carbonyl (C=O) groups excluding carboxylic acids is 1. The van der Waals surface area contributed by atoms with E-state index in [0.29, 0.717) is 11.4 Å². The van der Waals surface area contributed by atoms with Gasteiger partial charge in [0.15, 0.2) is 0 Å². The third-order valence-corrected chi connectivity index (χ3v) is 6.64. The van der Waals surface area contributed by atoms with Crippen molar-refractivity contribution in [2.75, 3.05) is 16.2 Å². The highest BCUT2D eigenvalue weighted by molar-refractivity contribution is 7.92. The number of benzene rings is 3. The number of carbonyl (C=O) groups is 1. The predicted molar refractivity (Wildman–Crippen MR) is 117 cm³/mol. The highest BCUT2D eigenvalue weighted by Crippen LogP contribution is 2.25. The van der Waals surface area contributed by atoms with Crippen LogP contribution in [0.15, 0.2) is 71.6 Å². The van der Waals surface area contributed by atoms with Crippen molar-refractivity contribution in [2.24, 2.45) is 0 Å². The molecule has 0 aliphatic heterocycles. The minimum absolute atomic E-state index is 0.152. The van der Waals surface area contributed by atoms with Crippen LogP contribution in [-0.2, 0) is 10.0 Å². The molecule has 7 heteroatoms. The first kappa shape index (κ1) is 21.5. The number of rotatable bonds is 6. The van der Waals surface area contributed by atoms with Gasteiger partial charge in [0.05, 0.1) is 16.1 Å². The van der Waals surface area contributed by atoms with Crippen LogP contribution in [0.1, 0.15) is 28.4 Å². The topological polar surface area (TPSA) is 66.5 Å². The molecule has 3 aromatic carbocycles. The number of hydrogen-bond donors (Lipinski definition) is 1. The van der Waals surface area contributed by atoms with E-state index in [1.165, 1.54) is 10.4 Å². The van der Waals surface area contributed by atoms with Gasteiger partial charge in [-0.2, -0.15) is 0 Å². The summed E-state index contributed by atoms with van der Waals surface area (Å²) in [5.41, 5.74) is 2.47. The Labute approximate surface area is 176 Å². The van der Waals surface area contributed by atoms with E-state index in [1.54, 1.807) is 43.3 Å². The van der Waals surface area contributed by atoms with Crippen LogP contribution in [0.3, 0.4) is 0 Å². The summed E-state index contributed by atoms with van der Waals surface area (Å²) in [4.78, 5) is 12.6. The first-order chi connectivity index (χ1) is 14.2. The van der Waals surface area contributed by atoms with Gasteiger partial charge in [-0.1, -0.05) is 30.3 Å². The maximum atomic E-state index is 14.4. The molecule has 0 aromatic heterocycles. The van der Waals surface area contributed by atoms with Crippen molar-refractivity contribution in [3.8, 4) is 0 Å². The zero-order chi connectivity index (χ0) is 21.9. The lowest BCUT2D eigenvalue weighted by atomic mass is 10.1. The average Bonchev–Trinajstić information content (AvgIpc) is 2.72. The number of aryl methyl sites for hydroxylation is 2. The van der Waals surface area contributed by atoms with Gasteiger partial charge in [-0.25, -0.2) is 12.8 Å². The van der Waals surface area contributed by atoms with Gasteiger partial charge in [-0.3, -0.25) is 9.10 Å². The maximum Gasteiger partial charge on any atom is 0.264 e. The van der Waals surface area contributed by atoms with E-state index < -0.39 is 21.7 Å². The number of halogens is 1. The van der Waals surface area contributed by atoms with E-state index in [0.717, 1.165) is 23.3 Å². The van der Waals surface area contributed by atoms with Gasteiger partial charge in [0.1, 0.15) is 5.82 Å². The summed E-state index contributed by atoms with van der Waals surface area (Å²) < 4.78 is 42.0. The van der Waals surface area contributed by atoms with Gasteiger partial charge in [0.2, 0.25) is 0 Å². The molecule has 0 spiro atoms. The Bertz CT molecular complexity index is 1180. The van der Waals surface area contributed by atoms with Crippen LogP contribution >= 0.6 is 0 Å². The smallest absolute Gasteiger partial charge is 0.264 e. The Balaban J connectivity index is 1.98. The van der Waals surface area contributed by atoms with Crippen molar-refractivity contribution in [1.29, 1.82) is 0 Å². The number of para-hydroxylation sites is 1. The van der Waals surface area contributed by atoms with Crippen LogP contribution < -0.4 is 9.62 Å².